The van der Waals surface area contributed by atoms with Gasteiger partial charge in [0.25, 0.3) is 5.91 Å². The Balaban J connectivity index is 0.000000738. The number of carboxylic acids is 1. The lowest BCUT2D eigenvalue weighted by Crippen LogP contribution is -2.30. The fourth-order valence-electron chi connectivity index (χ4n) is 4.42. The van der Waals surface area contributed by atoms with E-state index in [2.05, 4.69) is 23.5 Å². The van der Waals surface area contributed by atoms with Crippen LogP contribution in [-0.2, 0) is 22.6 Å². The number of hydrogen-bond donors (Lipinski definition) is 3. The molecule has 0 saturated heterocycles. The van der Waals surface area contributed by atoms with E-state index in [1.54, 1.807) is 12.1 Å². The number of rotatable bonds is 12. The van der Waals surface area contributed by atoms with Crippen LogP contribution < -0.4 is 11.1 Å². The zero-order valence-corrected chi connectivity index (χ0v) is 25.1. The van der Waals surface area contributed by atoms with Crippen molar-refractivity contribution in [3.63, 3.8) is 0 Å². The number of hydrogen-bond acceptors (Lipinski definition) is 4. The van der Waals surface area contributed by atoms with Crippen molar-refractivity contribution in [2.24, 2.45) is 5.73 Å². The molecule has 0 fully saturated rings. The molecule has 0 spiro atoms. The van der Waals surface area contributed by atoms with Crippen LogP contribution in [0, 0.1) is 0 Å². The normalized spacial score (nSPS) is 11.0. The van der Waals surface area contributed by atoms with Gasteiger partial charge in [-0.2, -0.15) is 13.2 Å². The van der Waals surface area contributed by atoms with E-state index in [9.17, 15) is 22.8 Å². The predicted octanol–water partition coefficient (Wildman–Crippen LogP) is 6.35. The second-order valence-corrected chi connectivity index (χ2v) is 10.2. The van der Waals surface area contributed by atoms with Crippen molar-refractivity contribution >= 4 is 23.9 Å². The summed E-state index contributed by atoms with van der Waals surface area (Å²) in [6.07, 6.45) is 0.218. The fourth-order valence-corrected chi connectivity index (χ4v) is 4.42. The molecule has 4 rings (SSSR count). The van der Waals surface area contributed by atoms with Gasteiger partial charge in [0, 0.05) is 37.8 Å². The fraction of sp³-hybridized carbons (Fsp3) is 0.194. The SMILES string of the molecule is NCCNC(=O)c1cccc(-c2cccc(CN(CCCc3ccccc3)C(=O)C=Cc3ccccc3)c2)c1.O=C(O)C(F)(F)F. The van der Waals surface area contributed by atoms with Crippen LogP contribution in [0.5, 0.6) is 0 Å². The number of nitrogens with two attached hydrogens (primary N) is 1. The topological polar surface area (TPSA) is 113 Å². The number of aliphatic carboxylic acids is 1. The van der Waals surface area contributed by atoms with E-state index in [0.717, 1.165) is 35.1 Å². The molecule has 10 heteroatoms. The van der Waals surface area contributed by atoms with Crippen LogP contribution in [0.3, 0.4) is 0 Å². The average molecular weight is 632 g/mol. The second kappa shape index (κ2) is 17.9. The number of aryl methyl sites for hydroxylation is 1. The molecule has 0 aliphatic carbocycles. The lowest BCUT2D eigenvalue weighted by Gasteiger charge is -2.22. The Labute approximate surface area is 266 Å². The highest BCUT2D eigenvalue weighted by Gasteiger charge is 2.38. The van der Waals surface area contributed by atoms with Crippen LogP contribution in [-0.4, -0.2) is 53.6 Å². The highest BCUT2D eigenvalue weighted by atomic mass is 19.4. The first kappa shape index (κ1) is 35.3. The maximum atomic E-state index is 13.3. The summed E-state index contributed by atoms with van der Waals surface area (Å²) in [7, 11) is 0. The van der Waals surface area contributed by atoms with Crippen LogP contribution in [0.15, 0.2) is 115 Å². The molecule has 4 aromatic carbocycles. The molecule has 0 unspecified atom stereocenters. The summed E-state index contributed by atoms with van der Waals surface area (Å²) in [5, 5.41) is 9.94. The molecule has 0 radical (unpaired) electrons. The Kier molecular flexibility index (Phi) is 13.7. The summed E-state index contributed by atoms with van der Waals surface area (Å²) in [6.45, 7) is 1.98. The molecule has 0 saturated carbocycles. The van der Waals surface area contributed by atoms with Crippen molar-refractivity contribution in [3.8, 4) is 11.1 Å². The van der Waals surface area contributed by atoms with Crippen LogP contribution in [0.1, 0.15) is 33.5 Å². The summed E-state index contributed by atoms with van der Waals surface area (Å²) in [6, 6.07) is 35.9. The number of nitrogens with zero attached hydrogens (tertiary/aromatic N) is 1. The quantitative estimate of drug-likeness (QED) is 0.158. The van der Waals surface area contributed by atoms with Gasteiger partial charge in [-0.15, -0.1) is 0 Å². The lowest BCUT2D eigenvalue weighted by atomic mass is 10.0. The zero-order chi connectivity index (χ0) is 33.4. The van der Waals surface area contributed by atoms with E-state index in [1.165, 1.54) is 5.56 Å². The van der Waals surface area contributed by atoms with Gasteiger partial charge in [0.2, 0.25) is 5.91 Å². The number of halogens is 3. The lowest BCUT2D eigenvalue weighted by molar-refractivity contribution is -0.192. The van der Waals surface area contributed by atoms with Crippen LogP contribution in [0.2, 0.25) is 0 Å². The Morgan fingerprint density at radius 2 is 1.39 bits per heavy atom. The third kappa shape index (κ3) is 12.0. The first-order valence-electron chi connectivity index (χ1n) is 14.6. The number of carbonyl (C=O) groups excluding carboxylic acids is 2. The Hall–Kier alpha value is -5.22. The molecule has 0 aromatic heterocycles. The van der Waals surface area contributed by atoms with Crippen LogP contribution >= 0.6 is 0 Å². The van der Waals surface area contributed by atoms with Crippen molar-refractivity contribution in [3.05, 3.63) is 138 Å². The molecule has 4 N–H and O–H groups in total. The number of carbonyl (C=O) groups is 3. The number of alkyl halides is 3. The molecule has 0 heterocycles. The molecule has 0 aliphatic heterocycles. The predicted molar refractivity (Wildman–Crippen MR) is 173 cm³/mol. The van der Waals surface area contributed by atoms with E-state index in [1.807, 2.05) is 95.9 Å². The first-order chi connectivity index (χ1) is 22.1. The van der Waals surface area contributed by atoms with Crippen molar-refractivity contribution in [2.45, 2.75) is 25.6 Å². The molecule has 0 aliphatic rings. The van der Waals surface area contributed by atoms with Crippen LogP contribution in [0.25, 0.3) is 17.2 Å². The Morgan fingerprint density at radius 1 is 0.804 bits per heavy atom. The van der Waals surface area contributed by atoms with Gasteiger partial charge in [0.1, 0.15) is 0 Å². The molecular formula is C36H36F3N3O4. The van der Waals surface area contributed by atoms with Gasteiger partial charge in [-0.3, -0.25) is 9.59 Å². The van der Waals surface area contributed by atoms with Gasteiger partial charge in [-0.05, 0) is 64.9 Å². The molecule has 46 heavy (non-hydrogen) atoms. The molecule has 240 valence electrons. The van der Waals surface area contributed by atoms with E-state index < -0.39 is 12.1 Å². The highest BCUT2D eigenvalue weighted by Crippen LogP contribution is 2.23. The minimum Gasteiger partial charge on any atom is -0.475 e. The molecule has 4 aromatic rings. The minimum atomic E-state index is -5.08. The average Bonchev–Trinajstić information content (AvgIpc) is 3.06. The summed E-state index contributed by atoms with van der Waals surface area (Å²) in [4.78, 5) is 36.5. The largest absolute Gasteiger partial charge is 0.490 e. The Bertz CT molecular complexity index is 1590. The van der Waals surface area contributed by atoms with Gasteiger partial charge in [0.15, 0.2) is 0 Å². The molecule has 2 amide bonds. The number of benzene rings is 4. The van der Waals surface area contributed by atoms with Gasteiger partial charge in [-0.1, -0.05) is 91.0 Å². The van der Waals surface area contributed by atoms with E-state index >= 15 is 0 Å². The van der Waals surface area contributed by atoms with Gasteiger partial charge >= 0.3 is 12.1 Å². The number of nitrogens with one attached hydrogen (secondary N) is 1. The molecular weight excluding hydrogens is 595 g/mol. The van der Waals surface area contributed by atoms with E-state index in [0.29, 0.717) is 31.7 Å². The standard InChI is InChI=1S/C34H35N3O2.C2HF3O2/c35-21-22-36-34(39)32-18-8-17-31(25-32)30-16-7-14-29(24-30)26-37(23-9-15-27-10-3-1-4-11-27)33(38)20-19-28-12-5-2-6-13-28;3-2(4,5)1(6)7/h1-8,10-14,16-20,24-25H,9,15,21-23,26,35H2,(H,36,39);(H,6,7). The monoisotopic (exact) mass is 631 g/mol. The first-order valence-corrected chi connectivity index (χ1v) is 14.6. The van der Waals surface area contributed by atoms with Gasteiger partial charge in [-0.25, -0.2) is 4.79 Å². The number of amides is 2. The summed E-state index contributed by atoms with van der Waals surface area (Å²) >= 11 is 0. The molecule has 7 nitrogen and oxygen atoms in total. The van der Waals surface area contributed by atoms with E-state index in [-0.39, 0.29) is 11.8 Å². The zero-order valence-electron chi connectivity index (χ0n) is 25.1. The summed E-state index contributed by atoms with van der Waals surface area (Å²) < 4.78 is 31.7. The third-order valence-corrected chi connectivity index (χ3v) is 6.70. The number of carboxylic acid groups (broad SMARTS) is 1. The molecule has 0 atom stereocenters. The van der Waals surface area contributed by atoms with Crippen molar-refractivity contribution < 1.29 is 32.7 Å². The van der Waals surface area contributed by atoms with Crippen molar-refractivity contribution in [1.29, 1.82) is 0 Å². The highest BCUT2D eigenvalue weighted by molar-refractivity contribution is 5.95. The summed E-state index contributed by atoms with van der Waals surface area (Å²) in [5.41, 5.74) is 11.3. The third-order valence-electron chi connectivity index (χ3n) is 6.70. The van der Waals surface area contributed by atoms with Crippen molar-refractivity contribution in [1.82, 2.24) is 10.2 Å². The minimum absolute atomic E-state index is 0.0177. The second-order valence-electron chi connectivity index (χ2n) is 10.2. The van der Waals surface area contributed by atoms with E-state index in [4.69, 9.17) is 15.6 Å². The maximum absolute atomic E-state index is 13.3. The molecule has 0 bridgehead atoms. The Morgan fingerprint density at radius 3 is 2.02 bits per heavy atom. The van der Waals surface area contributed by atoms with Gasteiger partial charge in [0.05, 0.1) is 0 Å². The van der Waals surface area contributed by atoms with Crippen molar-refractivity contribution in [2.75, 3.05) is 19.6 Å². The van der Waals surface area contributed by atoms with Crippen LogP contribution in [0.4, 0.5) is 13.2 Å². The van der Waals surface area contributed by atoms with Gasteiger partial charge < -0.3 is 21.1 Å². The maximum Gasteiger partial charge on any atom is 0.490 e. The summed E-state index contributed by atoms with van der Waals surface area (Å²) in [5.74, 6) is -2.91. The smallest absolute Gasteiger partial charge is 0.475 e.